The molecule has 0 spiro atoms. The van der Waals surface area contributed by atoms with Crippen LogP contribution in [0.4, 0.5) is 0 Å². The predicted octanol–water partition coefficient (Wildman–Crippen LogP) is 1.32. The Labute approximate surface area is 115 Å². The Hall–Kier alpha value is -1.10. The van der Waals surface area contributed by atoms with Gasteiger partial charge in [0.15, 0.2) is 0 Å². The van der Waals surface area contributed by atoms with Crippen molar-refractivity contribution >= 4 is 11.9 Å². The summed E-state index contributed by atoms with van der Waals surface area (Å²) < 4.78 is 5.15. The minimum atomic E-state index is -0.483. The summed E-state index contributed by atoms with van der Waals surface area (Å²) in [6.07, 6.45) is 2.86. The van der Waals surface area contributed by atoms with Gasteiger partial charge in [0.2, 0.25) is 5.91 Å². The van der Waals surface area contributed by atoms with Gasteiger partial charge in [0, 0.05) is 19.5 Å². The minimum absolute atomic E-state index is 0.0787. The third-order valence-electron chi connectivity index (χ3n) is 2.93. The van der Waals surface area contributed by atoms with Gasteiger partial charge in [0.05, 0.1) is 6.42 Å². The van der Waals surface area contributed by atoms with Crippen molar-refractivity contribution in [2.45, 2.75) is 52.1 Å². The predicted molar refractivity (Wildman–Crippen MR) is 73.8 cm³/mol. The van der Waals surface area contributed by atoms with Crippen molar-refractivity contribution in [2.24, 2.45) is 0 Å². The normalized spacial score (nSPS) is 16.4. The molecule has 0 aliphatic carbocycles. The minimum Gasteiger partial charge on any atom is -0.460 e. The van der Waals surface area contributed by atoms with Gasteiger partial charge in [-0.25, -0.2) is 0 Å². The van der Waals surface area contributed by atoms with Crippen LogP contribution in [-0.4, -0.2) is 48.6 Å². The summed E-state index contributed by atoms with van der Waals surface area (Å²) in [6.45, 7) is 9.29. The topological polar surface area (TPSA) is 58.6 Å². The highest BCUT2D eigenvalue weighted by Gasteiger charge is 2.17. The molecule has 0 radical (unpaired) electrons. The lowest BCUT2D eigenvalue weighted by Gasteiger charge is -2.19. The molecule has 0 saturated carbocycles. The smallest absolute Gasteiger partial charge is 0.306 e. The van der Waals surface area contributed by atoms with Gasteiger partial charge in [-0.2, -0.15) is 0 Å². The summed E-state index contributed by atoms with van der Waals surface area (Å²) in [5.41, 5.74) is -0.483. The van der Waals surface area contributed by atoms with Crippen molar-refractivity contribution in [3.05, 3.63) is 0 Å². The number of likely N-dealkylation sites (tertiary alicyclic amines) is 1. The van der Waals surface area contributed by atoms with E-state index >= 15 is 0 Å². The Morgan fingerprint density at radius 2 is 1.79 bits per heavy atom. The summed E-state index contributed by atoms with van der Waals surface area (Å²) in [6, 6.07) is 0. The maximum absolute atomic E-state index is 11.5. The molecule has 0 aromatic rings. The van der Waals surface area contributed by atoms with Crippen LogP contribution in [0.1, 0.15) is 46.5 Å². The highest BCUT2D eigenvalue weighted by Crippen LogP contribution is 2.09. The highest BCUT2D eigenvalue weighted by molar-refractivity contribution is 5.81. The van der Waals surface area contributed by atoms with E-state index in [1.807, 2.05) is 20.8 Å². The van der Waals surface area contributed by atoms with E-state index in [0.717, 1.165) is 19.6 Å². The second-order valence-electron chi connectivity index (χ2n) is 5.99. The summed E-state index contributed by atoms with van der Waals surface area (Å²) in [5, 5.41) is 2.84. The molecule has 0 aromatic carbocycles. The number of hydrogen-bond donors (Lipinski definition) is 1. The first-order valence-electron chi connectivity index (χ1n) is 7.08. The maximum Gasteiger partial charge on any atom is 0.306 e. The number of nitrogens with zero attached hydrogens (tertiary/aromatic N) is 1. The molecule has 1 aliphatic rings. The number of carbonyl (C=O) groups excluding carboxylic acids is 2. The summed E-state index contributed by atoms with van der Waals surface area (Å²) in [5.74, 6) is -0.396. The Morgan fingerprint density at radius 3 is 2.37 bits per heavy atom. The van der Waals surface area contributed by atoms with Gasteiger partial charge >= 0.3 is 5.97 Å². The lowest BCUT2D eigenvalue weighted by atomic mass is 10.2. The zero-order chi connectivity index (χ0) is 14.3. The van der Waals surface area contributed by atoms with Crippen LogP contribution in [0.5, 0.6) is 0 Å². The molecule has 1 amide bonds. The molecule has 1 fully saturated rings. The second-order valence-corrected chi connectivity index (χ2v) is 5.99. The quantitative estimate of drug-likeness (QED) is 0.740. The van der Waals surface area contributed by atoms with E-state index < -0.39 is 5.60 Å². The first-order valence-corrected chi connectivity index (χ1v) is 7.08. The average molecular weight is 270 g/mol. The summed E-state index contributed by atoms with van der Waals surface area (Å²) >= 11 is 0. The fraction of sp³-hybridized carbons (Fsp3) is 0.857. The molecule has 0 aromatic heterocycles. The molecule has 5 nitrogen and oxygen atoms in total. The van der Waals surface area contributed by atoms with Gasteiger partial charge in [0.1, 0.15) is 5.60 Å². The van der Waals surface area contributed by atoms with Crippen molar-refractivity contribution in [3.63, 3.8) is 0 Å². The number of carbonyl (C=O) groups is 2. The Bertz CT molecular complexity index is 304. The van der Waals surface area contributed by atoms with E-state index in [2.05, 4.69) is 10.2 Å². The molecule has 1 aliphatic heterocycles. The van der Waals surface area contributed by atoms with Crippen LogP contribution >= 0.6 is 0 Å². The van der Waals surface area contributed by atoms with E-state index in [1.165, 1.54) is 12.8 Å². The third-order valence-corrected chi connectivity index (χ3v) is 2.93. The number of amides is 1. The van der Waals surface area contributed by atoms with E-state index in [1.54, 1.807) is 0 Å². The standard InChI is InChI=1S/C14H26N2O3/c1-14(2,3)19-13(18)7-6-12(17)15-8-11-16-9-4-5-10-16/h4-11H2,1-3H3,(H,15,17). The molecule has 1 saturated heterocycles. The third kappa shape index (κ3) is 7.82. The molecular weight excluding hydrogens is 244 g/mol. The second kappa shape index (κ2) is 7.48. The van der Waals surface area contributed by atoms with Crippen LogP contribution in [0.15, 0.2) is 0 Å². The molecule has 1 rings (SSSR count). The SMILES string of the molecule is CC(C)(C)OC(=O)CCC(=O)NCCN1CCCC1. The van der Waals surface area contributed by atoms with Gasteiger partial charge in [-0.1, -0.05) is 0 Å². The van der Waals surface area contributed by atoms with Crippen LogP contribution in [-0.2, 0) is 14.3 Å². The van der Waals surface area contributed by atoms with E-state index in [4.69, 9.17) is 4.74 Å². The van der Waals surface area contributed by atoms with Crippen molar-refractivity contribution in [3.8, 4) is 0 Å². The Kier molecular flexibility index (Phi) is 6.28. The number of ether oxygens (including phenoxy) is 1. The molecule has 0 atom stereocenters. The first-order chi connectivity index (χ1) is 8.87. The van der Waals surface area contributed by atoms with Crippen LogP contribution in [0.3, 0.4) is 0 Å². The highest BCUT2D eigenvalue weighted by atomic mass is 16.6. The van der Waals surface area contributed by atoms with E-state index in [-0.39, 0.29) is 24.7 Å². The molecule has 1 heterocycles. The van der Waals surface area contributed by atoms with Crippen molar-refractivity contribution < 1.29 is 14.3 Å². The maximum atomic E-state index is 11.5. The van der Waals surface area contributed by atoms with Gasteiger partial charge in [0.25, 0.3) is 0 Å². The van der Waals surface area contributed by atoms with Gasteiger partial charge < -0.3 is 15.0 Å². The first kappa shape index (κ1) is 16.0. The molecule has 5 heteroatoms. The average Bonchev–Trinajstić information content (AvgIpc) is 2.77. The summed E-state index contributed by atoms with van der Waals surface area (Å²) in [7, 11) is 0. The van der Waals surface area contributed by atoms with Crippen LogP contribution < -0.4 is 5.32 Å². The lowest BCUT2D eigenvalue weighted by Crippen LogP contribution is -2.33. The van der Waals surface area contributed by atoms with Crippen LogP contribution in [0.2, 0.25) is 0 Å². The van der Waals surface area contributed by atoms with Gasteiger partial charge in [-0.15, -0.1) is 0 Å². The molecule has 19 heavy (non-hydrogen) atoms. The van der Waals surface area contributed by atoms with E-state index in [9.17, 15) is 9.59 Å². The van der Waals surface area contributed by atoms with Crippen LogP contribution in [0, 0.1) is 0 Å². The Morgan fingerprint density at radius 1 is 1.16 bits per heavy atom. The van der Waals surface area contributed by atoms with Crippen molar-refractivity contribution in [2.75, 3.05) is 26.2 Å². The molecular formula is C14H26N2O3. The van der Waals surface area contributed by atoms with E-state index in [0.29, 0.717) is 6.54 Å². The van der Waals surface area contributed by atoms with Crippen LogP contribution in [0.25, 0.3) is 0 Å². The monoisotopic (exact) mass is 270 g/mol. The molecule has 0 unspecified atom stereocenters. The zero-order valence-electron chi connectivity index (χ0n) is 12.3. The largest absolute Gasteiger partial charge is 0.460 e. The number of rotatable bonds is 6. The number of nitrogens with one attached hydrogen (secondary N) is 1. The Balaban J connectivity index is 2.05. The number of hydrogen-bond acceptors (Lipinski definition) is 4. The lowest BCUT2D eigenvalue weighted by molar-refractivity contribution is -0.155. The summed E-state index contributed by atoms with van der Waals surface area (Å²) in [4.78, 5) is 25.3. The molecule has 110 valence electrons. The van der Waals surface area contributed by atoms with Gasteiger partial charge in [-0.05, 0) is 46.7 Å². The van der Waals surface area contributed by atoms with Crippen molar-refractivity contribution in [1.29, 1.82) is 0 Å². The van der Waals surface area contributed by atoms with Crippen molar-refractivity contribution in [1.82, 2.24) is 10.2 Å². The number of esters is 1. The fourth-order valence-electron chi connectivity index (χ4n) is 2.06. The molecule has 0 bridgehead atoms. The molecule has 1 N–H and O–H groups in total. The fourth-order valence-corrected chi connectivity index (χ4v) is 2.06. The zero-order valence-corrected chi connectivity index (χ0v) is 12.3. The van der Waals surface area contributed by atoms with Gasteiger partial charge in [-0.3, -0.25) is 9.59 Å².